The van der Waals surface area contributed by atoms with Crippen molar-refractivity contribution in [3.63, 3.8) is 0 Å². The lowest BCUT2D eigenvalue weighted by Crippen LogP contribution is -2.26. The third kappa shape index (κ3) is 6.32. The molecule has 0 fully saturated rings. The van der Waals surface area contributed by atoms with Crippen LogP contribution in [-0.4, -0.2) is 17.7 Å². The van der Waals surface area contributed by atoms with E-state index < -0.39 is 5.60 Å². The zero-order valence-corrected chi connectivity index (χ0v) is 13.5. The minimum atomic E-state index is -1.38. The molecule has 0 amide bonds. The molecule has 0 spiro atoms. The Bertz CT molecular complexity index is 519. The molecule has 1 rings (SSSR count). The Hall–Kier alpha value is -1.79. The first-order valence-corrected chi connectivity index (χ1v) is 7.21. The van der Waals surface area contributed by atoms with Gasteiger partial charge in [-0.25, -0.2) is 0 Å². The van der Waals surface area contributed by atoms with Crippen LogP contribution in [0, 0.1) is 36.5 Å². The molecule has 117 valence electrons. The molecular weight excluding hydrogens is 276 g/mol. The molecule has 1 aromatic rings. The van der Waals surface area contributed by atoms with E-state index in [1.54, 1.807) is 26.2 Å². The summed E-state index contributed by atoms with van der Waals surface area (Å²) >= 11 is 0. The smallest absolute Gasteiger partial charge is 0.293 e. The predicted octanol–water partition coefficient (Wildman–Crippen LogP) is 3.10. The molecule has 2 atom stereocenters. The van der Waals surface area contributed by atoms with Gasteiger partial charge >= 0.3 is 0 Å². The fourth-order valence-electron chi connectivity index (χ4n) is 1.67. The molecule has 0 aliphatic carbocycles. The van der Waals surface area contributed by atoms with E-state index in [9.17, 15) is 9.90 Å². The van der Waals surface area contributed by atoms with Crippen molar-refractivity contribution in [2.75, 3.05) is 0 Å². The molecule has 1 aromatic carbocycles. The number of hydrogen-bond acceptors (Lipinski definition) is 3. The van der Waals surface area contributed by atoms with Gasteiger partial charge in [0.15, 0.2) is 5.60 Å². The van der Waals surface area contributed by atoms with E-state index in [0.29, 0.717) is 12.0 Å². The largest absolute Gasteiger partial charge is 0.465 e. The highest BCUT2D eigenvalue weighted by Crippen LogP contribution is 2.26. The fraction of sp³-hybridized carbons (Fsp3) is 0.368. The Balaban J connectivity index is 2.87. The Kier molecular flexibility index (Phi) is 6.64. The first kappa shape index (κ1) is 18.3. The van der Waals surface area contributed by atoms with Gasteiger partial charge in [-0.3, -0.25) is 4.79 Å². The number of carbonyl (C=O) groups is 1. The molecule has 22 heavy (non-hydrogen) atoms. The summed E-state index contributed by atoms with van der Waals surface area (Å²) in [5.74, 6) is 6.02. The van der Waals surface area contributed by atoms with Gasteiger partial charge in [0, 0.05) is 18.3 Å². The summed E-state index contributed by atoms with van der Waals surface area (Å²) in [6.45, 7) is 8.10. The summed E-state index contributed by atoms with van der Waals surface area (Å²) in [6, 6.07) is 9.25. The summed E-state index contributed by atoms with van der Waals surface area (Å²) < 4.78 is 4.77. The van der Waals surface area contributed by atoms with Gasteiger partial charge in [0.25, 0.3) is 6.47 Å². The molecule has 0 bridgehead atoms. The molecule has 3 radical (unpaired) electrons. The van der Waals surface area contributed by atoms with Crippen LogP contribution in [0.25, 0.3) is 0 Å². The van der Waals surface area contributed by atoms with Gasteiger partial charge in [-0.15, -0.1) is 0 Å². The predicted molar refractivity (Wildman–Crippen MR) is 87.1 cm³/mol. The van der Waals surface area contributed by atoms with E-state index in [4.69, 9.17) is 4.74 Å². The van der Waals surface area contributed by atoms with Crippen LogP contribution in [0.5, 0.6) is 0 Å². The van der Waals surface area contributed by atoms with Crippen LogP contribution in [0.2, 0.25) is 0 Å². The molecule has 3 nitrogen and oxygen atoms in total. The Morgan fingerprint density at radius 3 is 2.36 bits per heavy atom. The monoisotopic (exact) mass is 299 g/mol. The van der Waals surface area contributed by atoms with Gasteiger partial charge in [-0.1, -0.05) is 42.2 Å². The van der Waals surface area contributed by atoms with Gasteiger partial charge in [-0.2, -0.15) is 0 Å². The summed E-state index contributed by atoms with van der Waals surface area (Å²) in [5.41, 5.74) is -0.902. The molecular formula is C19H23O3. The molecule has 0 heterocycles. The quantitative estimate of drug-likeness (QED) is 0.621. The highest BCUT2D eigenvalue weighted by atomic mass is 16.5. The minimum absolute atomic E-state index is 0.214. The van der Waals surface area contributed by atoms with Gasteiger partial charge < -0.3 is 9.84 Å². The first-order chi connectivity index (χ1) is 10.3. The topological polar surface area (TPSA) is 46.5 Å². The summed E-state index contributed by atoms with van der Waals surface area (Å²) in [7, 11) is 0. The number of aliphatic hydroxyl groups is 1. The molecule has 0 aromatic heterocycles. The maximum absolute atomic E-state index is 10.9. The van der Waals surface area contributed by atoms with E-state index >= 15 is 0 Å². The van der Waals surface area contributed by atoms with Crippen molar-refractivity contribution in [2.24, 2.45) is 5.41 Å². The van der Waals surface area contributed by atoms with E-state index in [2.05, 4.69) is 11.8 Å². The summed E-state index contributed by atoms with van der Waals surface area (Å²) in [5, 5.41) is 10.9. The van der Waals surface area contributed by atoms with Crippen LogP contribution in [0.3, 0.4) is 0 Å². The van der Waals surface area contributed by atoms with E-state index in [1.165, 1.54) is 0 Å². The normalized spacial score (nSPS) is 15.1. The van der Waals surface area contributed by atoms with Gasteiger partial charge in [0.05, 0.1) is 0 Å². The molecule has 0 saturated carbocycles. The highest BCUT2D eigenvalue weighted by molar-refractivity contribution is 5.39. The van der Waals surface area contributed by atoms with E-state index in [0.717, 1.165) is 0 Å². The van der Waals surface area contributed by atoms with Crippen LogP contribution >= 0.6 is 0 Å². The van der Waals surface area contributed by atoms with Gasteiger partial charge in [-0.05, 0) is 39.7 Å². The standard InChI is InChI=1S/C19H23O3/c1-16(22-15-20)9-8-12-19(21,14-13-18(2,3)4)17-10-6-5-7-11-17/h5-12,15-16,21H,1-4H3/t16-,19+/m0/s1. The van der Waals surface area contributed by atoms with E-state index in [1.807, 2.05) is 51.1 Å². The lowest BCUT2D eigenvalue weighted by atomic mass is 9.86. The van der Waals surface area contributed by atoms with Crippen molar-refractivity contribution in [1.82, 2.24) is 0 Å². The Labute approximate surface area is 133 Å². The second-order valence-electron chi connectivity index (χ2n) is 6.12. The maximum atomic E-state index is 10.9. The highest BCUT2D eigenvalue weighted by Gasteiger charge is 2.27. The van der Waals surface area contributed by atoms with Gasteiger partial charge in [0.1, 0.15) is 6.10 Å². The second-order valence-corrected chi connectivity index (χ2v) is 6.12. The molecule has 0 unspecified atom stereocenters. The van der Waals surface area contributed by atoms with Gasteiger partial charge in [0.2, 0.25) is 0 Å². The van der Waals surface area contributed by atoms with Crippen LogP contribution < -0.4 is 0 Å². The average Bonchev–Trinajstić information content (AvgIpc) is 2.46. The third-order valence-corrected chi connectivity index (χ3v) is 2.83. The minimum Gasteiger partial charge on any atom is -0.465 e. The average molecular weight is 299 g/mol. The van der Waals surface area contributed by atoms with Crippen LogP contribution in [0.4, 0.5) is 0 Å². The summed E-state index contributed by atoms with van der Waals surface area (Å²) in [6.07, 6.45) is 4.59. The number of benzene rings is 1. The van der Waals surface area contributed by atoms with Crippen molar-refractivity contribution in [1.29, 1.82) is 0 Å². The number of ether oxygens (including phenoxy) is 1. The number of rotatable bonds is 7. The van der Waals surface area contributed by atoms with Crippen molar-refractivity contribution in [2.45, 2.75) is 39.4 Å². The maximum Gasteiger partial charge on any atom is 0.293 e. The fourth-order valence-corrected chi connectivity index (χ4v) is 1.67. The van der Waals surface area contributed by atoms with Crippen molar-refractivity contribution < 1.29 is 14.6 Å². The zero-order valence-electron chi connectivity index (χ0n) is 13.5. The van der Waals surface area contributed by atoms with Crippen LogP contribution in [0.15, 0.2) is 30.3 Å². The molecule has 0 aliphatic rings. The Morgan fingerprint density at radius 1 is 1.18 bits per heavy atom. The van der Waals surface area contributed by atoms with Crippen LogP contribution in [0.1, 0.15) is 33.3 Å². The Morgan fingerprint density at radius 2 is 1.82 bits per heavy atom. The SMILES string of the molecule is C[C@@H]([CH][CH][CH][C@@](O)(C#CC(C)(C)C)c1ccccc1)OC=O. The lowest BCUT2D eigenvalue weighted by molar-refractivity contribution is -0.131. The van der Waals surface area contributed by atoms with Crippen molar-refractivity contribution in [3.05, 3.63) is 55.2 Å². The second kappa shape index (κ2) is 8.00. The molecule has 1 N–H and O–H groups in total. The number of hydrogen-bond donors (Lipinski definition) is 1. The molecule has 0 saturated heterocycles. The van der Waals surface area contributed by atoms with Crippen molar-refractivity contribution in [3.8, 4) is 11.8 Å². The summed E-state index contributed by atoms with van der Waals surface area (Å²) in [4.78, 5) is 10.3. The first-order valence-electron chi connectivity index (χ1n) is 7.21. The third-order valence-electron chi connectivity index (χ3n) is 2.83. The van der Waals surface area contributed by atoms with E-state index in [-0.39, 0.29) is 11.5 Å². The lowest BCUT2D eigenvalue weighted by Gasteiger charge is -2.24. The van der Waals surface area contributed by atoms with Crippen molar-refractivity contribution >= 4 is 6.47 Å². The van der Waals surface area contributed by atoms with Crippen LogP contribution in [-0.2, 0) is 15.1 Å². The molecule has 0 aliphatic heterocycles. The number of carbonyl (C=O) groups excluding carboxylic acids is 1. The molecule has 3 heteroatoms. The zero-order chi connectivity index (χ0) is 16.6.